The first kappa shape index (κ1) is 19.9. The molecule has 0 spiro atoms. The van der Waals surface area contributed by atoms with E-state index in [1.807, 2.05) is 0 Å². The lowest BCUT2D eigenvalue weighted by Gasteiger charge is -2.39. The van der Waals surface area contributed by atoms with E-state index in [2.05, 4.69) is 49.9 Å². The van der Waals surface area contributed by atoms with Crippen LogP contribution in [0.4, 0.5) is 0 Å². The third-order valence-corrected chi connectivity index (χ3v) is 9.05. The summed E-state index contributed by atoms with van der Waals surface area (Å²) in [5.74, 6) is 2.65. The van der Waals surface area contributed by atoms with Crippen molar-refractivity contribution in [3.05, 3.63) is 29.8 Å². The molecule has 3 heteroatoms. The number of benzene rings is 1. The zero-order chi connectivity index (χ0) is 20.3. The Hall–Kier alpha value is -1.06. The number of rotatable bonds is 6. The molecule has 1 saturated heterocycles. The van der Waals surface area contributed by atoms with Crippen LogP contribution < -0.4 is 4.74 Å². The number of β-amino-alcohol motifs (C(OH)–C–C–N with tert-alkyl or cyclic N) is 1. The summed E-state index contributed by atoms with van der Waals surface area (Å²) >= 11 is 0. The number of ether oxygens (including phenoxy) is 1. The van der Waals surface area contributed by atoms with Crippen LogP contribution in [-0.4, -0.2) is 42.4 Å². The summed E-state index contributed by atoms with van der Waals surface area (Å²) in [6, 6.07) is 8.94. The second kappa shape index (κ2) is 6.99. The Morgan fingerprint density at radius 2 is 1.79 bits per heavy atom. The quantitative estimate of drug-likeness (QED) is 0.732. The van der Waals surface area contributed by atoms with Gasteiger partial charge in [-0.25, -0.2) is 0 Å². The fraction of sp³-hybridized carbons (Fsp3) is 0.769. The topological polar surface area (TPSA) is 32.7 Å². The lowest BCUT2D eigenvalue weighted by atomic mass is 9.64. The molecule has 1 aromatic rings. The summed E-state index contributed by atoms with van der Waals surface area (Å²) < 4.78 is 5.96. The minimum atomic E-state index is -0.415. The van der Waals surface area contributed by atoms with Crippen molar-refractivity contribution in [3.63, 3.8) is 0 Å². The molecule has 4 saturated carbocycles. The number of aliphatic hydroxyl groups is 1. The predicted octanol–water partition coefficient (Wildman–Crippen LogP) is 5.02. The van der Waals surface area contributed by atoms with E-state index in [0.717, 1.165) is 37.2 Å². The van der Waals surface area contributed by atoms with Gasteiger partial charge in [0.2, 0.25) is 0 Å². The van der Waals surface area contributed by atoms with Gasteiger partial charge < -0.3 is 14.7 Å². The highest BCUT2D eigenvalue weighted by Gasteiger charge is 2.68. The van der Waals surface area contributed by atoms with Crippen LogP contribution in [0.5, 0.6) is 5.75 Å². The smallest absolute Gasteiger partial charge is 0.119 e. The van der Waals surface area contributed by atoms with Gasteiger partial charge in [-0.2, -0.15) is 0 Å². The van der Waals surface area contributed by atoms with Crippen molar-refractivity contribution >= 4 is 0 Å². The summed E-state index contributed by atoms with van der Waals surface area (Å²) in [6.45, 7) is 10.7. The van der Waals surface area contributed by atoms with Gasteiger partial charge in [-0.1, -0.05) is 32.9 Å². The van der Waals surface area contributed by atoms with E-state index in [0.29, 0.717) is 22.9 Å². The third-order valence-electron chi connectivity index (χ3n) is 9.05. The minimum absolute atomic E-state index is 0.383. The highest BCUT2D eigenvalue weighted by molar-refractivity contribution is 5.39. The number of aliphatic hydroxyl groups excluding tert-OH is 1. The van der Waals surface area contributed by atoms with Crippen LogP contribution in [0.2, 0.25) is 0 Å². The second-order valence-electron chi connectivity index (χ2n) is 11.8. The van der Waals surface area contributed by atoms with Crippen molar-refractivity contribution in [1.29, 1.82) is 0 Å². The first-order valence-electron chi connectivity index (χ1n) is 11.9. The number of hydrogen-bond donors (Lipinski definition) is 1. The van der Waals surface area contributed by atoms with Gasteiger partial charge in [0.25, 0.3) is 0 Å². The number of piperidine rings is 1. The molecule has 1 aliphatic heterocycles. The molecular formula is C26H39NO2. The van der Waals surface area contributed by atoms with E-state index in [-0.39, 0.29) is 0 Å². The van der Waals surface area contributed by atoms with Crippen LogP contribution in [0.15, 0.2) is 24.3 Å². The van der Waals surface area contributed by atoms with Crippen molar-refractivity contribution in [3.8, 4) is 5.75 Å². The van der Waals surface area contributed by atoms with Crippen molar-refractivity contribution in [2.45, 2.75) is 77.2 Å². The summed E-state index contributed by atoms with van der Waals surface area (Å²) in [4.78, 5) is 2.38. The van der Waals surface area contributed by atoms with E-state index in [1.165, 1.54) is 50.5 Å². The highest BCUT2D eigenvalue weighted by Crippen LogP contribution is 2.76. The lowest BCUT2D eigenvalue weighted by Crippen LogP contribution is -2.40. The zero-order valence-corrected chi connectivity index (χ0v) is 18.6. The van der Waals surface area contributed by atoms with Gasteiger partial charge in [-0.15, -0.1) is 0 Å². The number of likely N-dealkylation sites (tertiary alicyclic amines) is 1. The summed E-state index contributed by atoms with van der Waals surface area (Å²) in [6.07, 6.45) is 9.08. The average Bonchev–Trinajstić information content (AvgIpc) is 2.97. The Morgan fingerprint density at radius 1 is 1.07 bits per heavy atom. The molecule has 1 heterocycles. The monoisotopic (exact) mass is 397 g/mol. The minimum Gasteiger partial charge on any atom is -0.491 e. The van der Waals surface area contributed by atoms with Gasteiger partial charge in [0.15, 0.2) is 0 Å². The van der Waals surface area contributed by atoms with E-state index in [4.69, 9.17) is 4.74 Å². The van der Waals surface area contributed by atoms with Crippen LogP contribution in [0, 0.1) is 22.7 Å². The van der Waals surface area contributed by atoms with Gasteiger partial charge in [0.1, 0.15) is 18.5 Å². The van der Waals surface area contributed by atoms with Crippen LogP contribution in [0.25, 0.3) is 0 Å². The summed E-state index contributed by atoms with van der Waals surface area (Å²) in [5.41, 5.74) is 2.95. The van der Waals surface area contributed by atoms with Crippen molar-refractivity contribution < 1.29 is 9.84 Å². The molecule has 0 amide bonds. The van der Waals surface area contributed by atoms with Gasteiger partial charge in [0, 0.05) is 12.0 Å². The van der Waals surface area contributed by atoms with E-state index >= 15 is 0 Å². The van der Waals surface area contributed by atoms with Gasteiger partial charge >= 0.3 is 0 Å². The van der Waals surface area contributed by atoms with Crippen LogP contribution in [0.3, 0.4) is 0 Å². The fourth-order valence-corrected chi connectivity index (χ4v) is 8.12. The third kappa shape index (κ3) is 3.43. The standard InChI is InChI=1S/C26H39NO2/c1-19-8-10-27(11-9-19)15-22(28)16-29-23-6-4-21(5-7-23)26-14-20-12-24(2,18-26)17-25(26,3)13-20/h4-7,19-20,22,28H,8-18H2,1-3H3/t20?,22-,24?,25?,26?/m0/s1. The molecule has 5 fully saturated rings. The molecule has 5 atom stereocenters. The van der Waals surface area contributed by atoms with E-state index < -0.39 is 6.10 Å². The molecule has 29 heavy (non-hydrogen) atoms. The van der Waals surface area contributed by atoms with Crippen LogP contribution in [-0.2, 0) is 5.41 Å². The highest BCUT2D eigenvalue weighted by atomic mass is 16.5. The largest absolute Gasteiger partial charge is 0.491 e. The number of hydrogen-bond acceptors (Lipinski definition) is 3. The van der Waals surface area contributed by atoms with E-state index in [1.54, 1.807) is 0 Å². The summed E-state index contributed by atoms with van der Waals surface area (Å²) in [7, 11) is 0. The maximum atomic E-state index is 10.4. The SMILES string of the molecule is CC1CCN(C[C@H](O)COc2ccc(C34CC5CC(C)(CC3(C)C5)C4)cc2)CC1. The molecule has 160 valence electrons. The van der Waals surface area contributed by atoms with Crippen LogP contribution >= 0.6 is 0 Å². The normalized spacial score (nSPS) is 40.5. The van der Waals surface area contributed by atoms with Gasteiger partial charge in [-0.3, -0.25) is 0 Å². The molecule has 1 N–H and O–H groups in total. The number of nitrogens with zero attached hydrogens (tertiary/aromatic N) is 1. The molecule has 4 aliphatic carbocycles. The Bertz CT molecular complexity index is 740. The maximum Gasteiger partial charge on any atom is 0.119 e. The molecule has 4 bridgehead atoms. The molecule has 4 unspecified atom stereocenters. The molecule has 0 radical (unpaired) electrons. The second-order valence-corrected chi connectivity index (χ2v) is 11.8. The van der Waals surface area contributed by atoms with Crippen molar-refractivity contribution in [2.75, 3.05) is 26.2 Å². The first-order chi connectivity index (χ1) is 13.8. The van der Waals surface area contributed by atoms with Crippen LogP contribution in [0.1, 0.15) is 71.3 Å². The molecule has 3 nitrogen and oxygen atoms in total. The molecule has 5 aliphatic rings. The average molecular weight is 398 g/mol. The first-order valence-corrected chi connectivity index (χ1v) is 11.9. The zero-order valence-electron chi connectivity index (χ0n) is 18.6. The molecular weight excluding hydrogens is 358 g/mol. The van der Waals surface area contributed by atoms with Gasteiger partial charge in [0.05, 0.1) is 0 Å². The summed E-state index contributed by atoms with van der Waals surface area (Å²) in [5, 5.41) is 10.4. The Kier molecular flexibility index (Phi) is 4.79. The Morgan fingerprint density at radius 3 is 2.48 bits per heavy atom. The molecule has 6 rings (SSSR count). The maximum absolute atomic E-state index is 10.4. The lowest BCUT2D eigenvalue weighted by molar-refractivity contribution is 0.0563. The van der Waals surface area contributed by atoms with Crippen molar-refractivity contribution in [2.24, 2.45) is 22.7 Å². The van der Waals surface area contributed by atoms with E-state index in [9.17, 15) is 5.11 Å². The molecule has 0 aromatic heterocycles. The predicted molar refractivity (Wildman–Crippen MR) is 117 cm³/mol. The Labute approximate surface area is 176 Å². The van der Waals surface area contributed by atoms with Gasteiger partial charge in [-0.05, 0) is 98.4 Å². The molecule has 1 aromatic carbocycles. The van der Waals surface area contributed by atoms with Crippen molar-refractivity contribution in [1.82, 2.24) is 4.90 Å². The Balaban J connectivity index is 1.19. The fourth-order valence-electron chi connectivity index (χ4n) is 8.12.